The minimum absolute atomic E-state index is 0. The molecule has 1 aliphatic rings. The van der Waals surface area contributed by atoms with Gasteiger partial charge in [0.15, 0.2) is 0 Å². The van der Waals surface area contributed by atoms with Gasteiger partial charge >= 0.3 is 0 Å². The Bertz CT molecular complexity index is 771. The monoisotopic (exact) mass is 411 g/mol. The second kappa shape index (κ2) is 10.5. The summed E-state index contributed by atoms with van der Waals surface area (Å²) in [5, 5.41) is 19.3. The fraction of sp³-hybridized carbons (Fsp3) is 0.350. The predicted octanol–water partition coefficient (Wildman–Crippen LogP) is 3.20. The fourth-order valence-corrected chi connectivity index (χ4v) is 3.07. The van der Waals surface area contributed by atoms with E-state index in [1.54, 1.807) is 0 Å². The topological polar surface area (TPSA) is 73.4 Å². The summed E-state index contributed by atoms with van der Waals surface area (Å²) in [4.78, 5) is 12.6. The van der Waals surface area contributed by atoms with Crippen LogP contribution in [0.5, 0.6) is 0 Å². The van der Waals surface area contributed by atoms with Crippen molar-refractivity contribution in [1.82, 2.24) is 10.6 Å². The number of para-hydroxylation sites is 1. The van der Waals surface area contributed by atoms with E-state index in [9.17, 15) is 9.90 Å². The minimum Gasteiger partial charge on any atom is -0.391 e. The van der Waals surface area contributed by atoms with E-state index in [1.165, 1.54) is 5.56 Å². The highest BCUT2D eigenvalue weighted by Crippen LogP contribution is 2.25. The number of aliphatic hydroxyl groups excluding tert-OH is 1. The first-order valence-electron chi connectivity index (χ1n) is 8.65. The van der Waals surface area contributed by atoms with Gasteiger partial charge in [0, 0.05) is 31.2 Å². The lowest BCUT2D eigenvalue weighted by Crippen LogP contribution is -2.34. The second-order valence-corrected chi connectivity index (χ2v) is 6.61. The first-order chi connectivity index (χ1) is 12.1. The third-order valence-corrected chi connectivity index (χ3v) is 4.87. The van der Waals surface area contributed by atoms with E-state index >= 15 is 0 Å². The Labute approximate surface area is 172 Å². The van der Waals surface area contributed by atoms with Crippen molar-refractivity contribution < 1.29 is 9.90 Å². The zero-order valence-electron chi connectivity index (χ0n) is 15.5. The molecule has 0 radical (unpaired) electrons. The van der Waals surface area contributed by atoms with Crippen molar-refractivity contribution in [2.45, 2.75) is 20.0 Å². The number of amides is 1. The van der Waals surface area contributed by atoms with Crippen LogP contribution in [0.15, 0.2) is 42.5 Å². The molecule has 1 heterocycles. The number of β-amino-alcohol motifs (C(OH)–C–C–N with tert-alkyl or cyclic N) is 1. The molecule has 0 spiro atoms. The van der Waals surface area contributed by atoms with Gasteiger partial charge < -0.3 is 21.1 Å². The van der Waals surface area contributed by atoms with E-state index < -0.39 is 6.10 Å². The zero-order chi connectivity index (χ0) is 17.8. The summed E-state index contributed by atoms with van der Waals surface area (Å²) in [6, 6.07) is 13.6. The lowest BCUT2D eigenvalue weighted by atomic mass is 10.1. The molecular weight excluding hydrogens is 385 g/mol. The first kappa shape index (κ1) is 23.2. The maximum absolute atomic E-state index is 12.6. The summed E-state index contributed by atoms with van der Waals surface area (Å²) in [7, 11) is 0. The Morgan fingerprint density at radius 1 is 1.07 bits per heavy atom. The summed E-state index contributed by atoms with van der Waals surface area (Å²) in [6.07, 6.45) is -0.399. The van der Waals surface area contributed by atoms with E-state index in [1.807, 2.05) is 36.4 Å². The standard InChI is InChI=1S/C20H25N3O2.2ClH/c1-13-6-5-9-17(14(13)2)23-18-8-4-3-7-16(18)20(25)22-11-15-10-21-12-19(15)24;;/h3-9,15,19,21,23-24H,10-12H2,1-2H3,(H,22,25);2*1H. The van der Waals surface area contributed by atoms with Crippen molar-refractivity contribution in [2.24, 2.45) is 5.92 Å². The summed E-state index contributed by atoms with van der Waals surface area (Å²) in [6.45, 7) is 5.91. The molecular formula is C20H27Cl2N3O2. The maximum atomic E-state index is 12.6. The Hall–Kier alpha value is -1.79. The molecule has 3 rings (SSSR count). The number of aliphatic hydroxyl groups is 1. The molecule has 1 amide bonds. The van der Waals surface area contributed by atoms with Crippen molar-refractivity contribution in [1.29, 1.82) is 0 Å². The van der Waals surface area contributed by atoms with Gasteiger partial charge in [0.25, 0.3) is 5.91 Å². The average molecular weight is 412 g/mol. The van der Waals surface area contributed by atoms with Crippen LogP contribution in [0.25, 0.3) is 0 Å². The molecule has 1 aliphatic heterocycles. The molecule has 1 saturated heterocycles. The van der Waals surface area contributed by atoms with Crippen LogP contribution in [0, 0.1) is 19.8 Å². The molecule has 1 fully saturated rings. The number of rotatable bonds is 5. The molecule has 2 atom stereocenters. The predicted molar refractivity (Wildman–Crippen MR) is 115 cm³/mol. The molecule has 27 heavy (non-hydrogen) atoms. The molecule has 0 aliphatic carbocycles. The number of benzene rings is 2. The van der Waals surface area contributed by atoms with Gasteiger partial charge in [-0.25, -0.2) is 0 Å². The SMILES string of the molecule is Cc1cccc(Nc2ccccc2C(=O)NCC2CNCC2O)c1C.Cl.Cl. The summed E-state index contributed by atoms with van der Waals surface area (Å²) in [5.74, 6) is -0.0735. The number of carbonyl (C=O) groups excluding carboxylic acids is 1. The third-order valence-electron chi connectivity index (χ3n) is 4.87. The molecule has 7 heteroatoms. The van der Waals surface area contributed by atoms with Crippen LogP contribution in [0.4, 0.5) is 11.4 Å². The second-order valence-electron chi connectivity index (χ2n) is 6.61. The average Bonchev–Trinajstić information content (AvgIpc) is 3.02. The Balaban J connectivity index is 0.00000182. The number of carbonyl (C=O) groups is 1. The number of anilines is 2. The molecule has 0 bridgehead atoms. The largest absolute Gasteiger partial charge is 0.391 e. The van der Waals surface area contributed by atoms with Crippen LogP contribution in [0.2, 0.25) is 0 Å². The van der Waals surface area contributed by atoms with Crippen molar-refractivity contribution in [3.05, 3.63) is 59.2 Å². The van der Waals surface area contributed by atoms with Gasteiger partial charge in [-0.15, -0.1) is 24.8 Å². The minimum atomic E-state index is -0.399. The van der Waals surface area contributed by atoms with E-state index in [4.69, 9.17) is 0 Å². The smallest absolute Gasteiger partial charge is 0.253 e. The van der Waals surface area contributed by atoms with E-state index in [2.05, 4.69) is 35.9 Å². The maximum Gasteiger partial charge on any atom is 0.253 e. The van der Waals surface area contributed by atoms with Crippen LogP contribution in [-0.2, 0) is 0 Å². The number of nitrogens with one attached hydrogen (secondary N) is 3. The van der Waals surface area contributed by atoms with Crippen LogP contribution >= 0.6 is 24.8 Å². The van der Waals surface area contributed by atoms with Crippen LogP contribution in [0.1, 0.15) is 21.5 Å². The summed E-state index contributed by atoms with van der Waals surface area (Å²) in [5.41, 5.74) is 4.74. The van der Waals surface area contributed by atoms with E-state index in [0.717, 1.165) is 23.5 Å². The van der Waals surface area contributed by atoms with E-state index in [-0.39, 0.29) is 36.6 Å². The van der Waals surface area contributed by atoms with Crippen molar-refractivity contribution in [2.75, 3.05) is 25.0 Å². The van der Waals surface area contributed by atoms with Gasteiger partial charge in [0.05, 0.1) is 17.4 Å². The van der Waals surface area contributed by atoms with Gasteiger partial charge in [0.1, 0.15) is 0 Å². The number of hydrogen-bond acceptors (Lipinski definition) is 4. The van der Waals surface area contributed by atoms with Gasteiger partial charge in [-0.3, -0.25) is 4.79 Å². The van der Waals surface area contributed by atoms with E-state index in [0.29, 0.717) is 18.7 Å². The quantitative estimate of drug-likeness (QED) is 0.609. The lowest BCUT2D eigenvalue weighted by molar-refractivity contribution is 0.0928. The highest BCUT2D eigenvalue weighted by Gasteiger charge is 2.25. The molecule has 4 N–H and O–H groups in total. The summed E-state index contributed by atoms with van der Waals surface area (Å²) >= 11 is 0. The Kier molecular flexibility index (Phi) is 9.06. The van der Waals surface area contributed by atoms with Crippen molar-refractivity contribution >= 4 is 42.1 Å². The lowest BCUT2D eigenvalue weighted by Gasteiger charge is -2.17. The number of halogens is 2. The normalized spacial score (nSPS) is 18.2. The third kappa shape index (κ3) is 5.59. The van der Waals surface area contributed by atoms with Crippen molar-refractivity contribution in [3.63, 3.8) is 0 Å². The highest BCUT2D eigenvalue weighted by atomic mass is 35.5. The van der Waals surface area contributed by atoms with Crippen LogP contribution < -0.4 is 16.0 Å². The van der Waals surface area contributed by atoms with Gasteiger partial charge in [-0.05, 0) is 43.2 Å². The van der Waals surface area contributed by atoms with Gasteiger partial charge in [-0.1, -0.05) is 24.3 Å². The van der Waals surface area contributed by atoms with Crippen molar-refractivity contribution in [3.8, 4) is 0 Å². The molecule has 0 aromatic heterocycles. The summed E-state index contributed by atoms with van der Waals surface area (Å²) < 4.78 is 0. The van der Waals surface area contributed by atoms with Gasteiger partial charge in [0.2, 0.25) is 0 Å². The zero-order valence-corrected chi connectivity index (χ0v) is 17.1. The van der Waals surface area contributed by atoms with Crippen LogP contribution in [0.3, 0.4) is 0 Å². The molecule has 2 aromatic rings. The van der Waals surface area contributed by atoms with Gasteiger partial charge in [-0.2, -0.15) is 0 Å². The molecule has 0 saturated carbocycles. The number of hydrogen-bond donors (Lipinski definition) is 4. The molecule has 2 unspecified atom stereocenters. The molecule has 5 nitrogen and oxygen atoms in total. The molecule has 2 aromatic carbocycles. The first-order valence-corrected chi connectivity index (χ1v) is 8.65. The van der Waals surface area contributed by atoms with Crippen LogP contribution in [-0.4, -0.2) is 36.8 Å². The number of aryl methyl sites for hydroxylation is 1. The fourth-order valence-electron chi connectivity index (χ4n) is 3.07. The Morgan fingerprint density at radius 2 is 1.78 bits per heavy atom. The molecule has 148 valence electrons. The Morgan fingerprint density at radius 3 is 2.48 bits per heavy atom. The highest BCUT2D eigenvalue weighted by molar-refractivity contribution is 6.00.